The average molecular weight is 252 g/mol. The molecule has 0 amide bonds. The highest BCUT2D eigenvalue weighted by Crippen LogP contribution is 2.02. The van der Waals surface area contributed by atoms with Gasteiger partial charge in [-0.15, -0.1) is 0 Å². The molecule has 0 spiro atoms. The predicted molar refractivity (Wildman–Crippen MR) is 55.9 cm³/mol. The zero-order valence-electron chi connectivity index (χ0n) is 8.57. The fourth-order valence-electron chi connectivity index (χ4n) is 0.630. The van der Waals surface area contributed by atoms with Gasteiger partial charge >= 0.3 is 0 Å². The van der Waals surface area contributed by atoms with Crippen LogP contribution >= 0.6 is 0 Å². The van der Waals surface area contributed by atoms with Crippen molar-refractivity contribution in [3.63, 3.8) is 0 Å². The van der Waals surface area contributed by atoms with E-state index in [9.17, 15) is 0 Å². The topological polar surface area (TPSA) is 219 Å². The summed E-state index contributed by atoms with van der Waals surface area (Å²) in [5.41, 5.74) is 9.53. The molecule has 98 valence electrons. The molecule has 0 aliphatic heterocycles. The summed E-state index contributed by atoms with van der Waals surface area (Å²) in [4.78, 5) is 16.5. The van der Waals surface area contributed by atoms with Crippen LogP contribution in [-0.2, 0) is 0 Å². The zero-order chi connectivity index (χ0) is 13.1. The maximum atomic E-state index is 8.25. The standard InChI is InChI=1S/C6H8N2.2NO3.H2O/c7-5-2-1-3-6(8)4-5;2*2-1(3)4;/h1-4H,7-8H2;;;1H2/q;2*-1;/p+2. The van der Waals surface area contributed by atoms with Crippen LogP contribution in [0.5, 0.6) is 0 Å². The molecule has 0 saturated heterocycles. The maximum Gasteiger partial charge on any atom is 0.133 e. The summed E-state index contributed by atoms with van der Waals surface area (Å²) in [6, 6.07) is 7.80. The lowest BCUT2D eigenvalue weighted by Crippen LogP contribution is -2.43. The number of hydrogen-bond acceptors (Lipinski definition) is 6. The Morgan fingerprint density at radius 1 is 0.882 bits per heavy atom. The molecule has 0 aliphatic carbocycles. The predicted octanol–water partition coefficient (Wildman–Crippen LogP) is -1.87. The highest BCUT2D eigenvalue weighted by Gasteiger charge is 1.88. The van der Waals surface area contributed by atoms with Gasteiger partial charge in [0.2, 0.25) is 0 Å². The van der Waals surface area contributed by atoms with Gasteiger partial charge in [0.25, 0.3) is 0 Å². The van der Waals surface area contributed by atoms with Crippen LogP contribution in [0.4, 0.5) is 11.4 Å². The fourth-order valence-corrected chi connectivity index (χ4v) is 0.630. The van der Waals surface area contributed by atoms with E-state index in [0.717, 1.165) is 11.4 Å². The van der Waals surface area contributed by atoms with Crippen LogP contribution in [0.2, 0.25) is 0 Å². The molecular formula is C6H12N4O7. The van der Waals surface area contributed by atoms with Gasteiger partial charge in [0, 0.05) is 0 Å². The van der Waals surface area contributed by atoms with Crippen molar-refractivity contribution in [3.05, 3.63) is 54.9 Å². The van der Waals surface area contributed by atoms with Gasteiger partial charge in [-0.2, -0.15) is 0 Å². The van der Waals surface area contributed by atoms with E-state index in [1.54, 1.807) is 0 Å². The number of benzene rings is 1. The van der Waals surface area contributed by atoms with Crippen LogP contribution in [0.25, 0.3) is 0 Å². The Morgan fingerprint density at radius 2 is 1.12 bits per heavy atom. The molecule has 0 bridgehead atoms. The van der Waals surface area contributed by atoms with Crippen molar-refractivity contribution >= 4 is 11.4 Å². The lowest BCUT2D eigenvalue weighted by Gasteiger charge is -1.84. The zero-order valence-corrected chi connectivity index (χ0v) is 8.57. The van der Waals surface area contributed by atoms with Gasteiger partial charge in [0.05, 0.1) is 16.2 Å². The lowest BCUT2D eigenvalue weighted by molar-refractivity contribution is -0.403. The highest BCUT2D eigenvalue weighted by molar-refractivity contribution is 5.39. The van der Waals surface area contributed by atoms with Crippen molar-refractivity contribution in [2.75, 3.05) is 0 Å². The molecule has 0 aliphatic rings. The van der Waals surface area contributed by atoms with E-state index in [2.05, 4.69) is 11.5 Å². The number of quaternary nitrogens is 2. The molecule has 11 heteroatoms. The summed E-state index contributed by atoms with van der Waals surface area (Å²) in [5.74, 6) is 0. The van der Waals surface area contributed by atoms with Crippen LogP contribution in [0.1, 0.15) is 0 Å². The van der Waals surface area contributed by atoms with Crippen LogP contribution < -0.4 is 11.5 Å². The first-order chi connectivity index (χ1) is 7.25. The van der Waals surface area contributed by atoms with E-state index in [1.165, 1.54) is 0 Å². The van der Waals surface area contributed by atoms with Crippen molar-refractivity contribution in [2.45, 2.75) is 0 Å². The molecule has 11 nitrogen and oxygen atoms in total. The second-order valence-electron chi connectivity index (χ2n) is 2.27. The van der Waals surface area contributed by atoms with Gasteiger partial charge in [-0.3, -0.25) is 0 Å². The third-order valence-electron chi connectivity index (χ3n) is 0.991. The van der Waals surface area contributed by atoms with Crippen molar-refractivity contribution in [1.29, 1.82) is 0 Å². The minimum absolute atomic E-state index is 0. The van der Waals surface area contributed by atoms with Crippen molar-refractivity contribution in [3.8, 4) is 0 Å². The van der Waals surface area contributed by atoms with Gasteiger partial charge in [-0.25, -0.2) is 0 Å². The van der Waals surface area contributed by atoms with Crippen LogP contribution in [0.3, 0.4) is 0 Å². The number of rotatable bonds is 0. The number of hydrogen-bond donors (Lipinski definition) is 2. The molecule has 0 saturated carbocycles. The second-order valence-corrected chi connectivity index (χ2v) is 2.27. The van der Waals surface area contributed by atoms with E-state index >= 15 is 0 Å². The summed E-state index contributed by atoms with van der Waals surface area (Å²) in [5, 5.41) is 29.5. The molecule has 17 heavy (non-hydrogen) atoms. The van der Waals surface area contributed by atoms with Gasteiger partial charge in [-0.05, 0) is 12.1 Å². The van der Waals surface area contributed by atoms with Crippen LogP contribution in [-0.4, -0.2) is 15.6 Å². The van der Waals surface area contributed by atoms with Gasteiger partial charge < -0.3 is 47.6 Å². The van der Waals surface area contributed by atoms with Crippen molar-refractivity contribution in [1.82, 2.24) is 0 Å². The SMILES string of the molecule is O.O=[N+]([O-])[O-].O=[N+]([O-])[O-].[NH3+]c1cccc([NH3+])c1. The molecular weight excluding hydrogens is 240 g/mol. The van der Waals surface area contributed by atoms with Crippen molar-refractivity contribution in [2.24, 2.45) is 0 Å². The van der Waals surface area contributed by atoms with E-state index in [-0.39, 0.29) is 5.48 Å². The smallest absolute Gasteiger partial charge is 0.133 e. The highest BCUT2D eigenvalue weighted by atomic mass is 16.9. The van der Waals surface area contributed by atoms with Crippen molar-refractivity contribution < 1.29 is 27.1 Å². The number of nitrogens with zero attached hydrogens (tertiary/aromatic N) is 2. The summed E-state index contributed by atoms with van der Waals surface area (Å²) >= 11 is 0. The summed E-state index contributed by atoms with van der Waals surface area (Å²) in [6.45, 7) is 0. The first-order valence-corrected chi connectivity index (χ1v) is 3.62. The van der Waals surface area contributed by atoms with Crippen LogP contribution in [0.15, 0.2) is 24.3 Å². The Morgan fingerprint density at radius 3 is 1.24 bits per heavy atom. The Hall–Kier alpha value is -2.50. The van der Waals surface area contributed by atoms with E-state index in [1.807, 2.05) is 24.3 Å². The van der Waals surface area contributed by atoms with E-state index < -0.39 is 10.2 Å². The second kappa shape index (κ2) is 11.6. The molecule has 0 radical (unpaired) electrons. The normalized spacial score (nSPS) is 7.18. The monoisotopic (exact) mass is 252 g/mol. The first-order valence-electron chi connectivity index (χ1n) is 3.62. The minimum atomic E-state index is -1.75. The average Bonchev–Trinajstić information content (AvgIpc) is 2.00. The molecule has 1 rings (SSSR count). The Labute approximate surface area is 94.4 Å². The summed E-state index contributed by atoms with van der Waals surface area (Å²) in [6.07, 6.45) is 0. The third kappa shape index (κ3) is 31.7. The molecule has 1 aromatic carbocycles. The molecule has 0 aromatic heterocycles. The van der Waals surface area contributed by atoms with Crippen LogP contribution in [0, 0.1) is 30.6 Å². The molecule has 1 aromatic rings. The van der Waals surface area contributed by atoms with Gasteiger partial charge in [-0.1, -0.05) is 6.07 Å². The Bertz CT molecular complexity index is 308. The van der Waals surface area contributed by atoms with E-state index in [4.69, 9.17) is 30.6 Å². The molecule has 0 atom stereocenters. The molecule has 0 fully saturated rings. The maximum absolute atomic E-state index is 8.25. The molecule has 0 unspecified atom stereocenters. The largest absolute Gasteiger partial charge is 0.412 e. The first kappa shape index (κ1) is 20.0. The lowest BCUT2D eigenvalue weighted by atomic mass is 10.3. The summed E-state index contributed by atoms with van der Waals surface area (Å²) in [7, 11) is 0. The molecule has 0 heterocycles. The van der Waals surface area contributed by atoms with Gasteiger partial charge in [0.15, 0.2) is 0 Å². The summed E-state index contributed by atoms with van der Waals surface area (Å²) < 4.78 is 0. The Kier molecular flexibility index (Phi) is 13.6. The minimum Gasteiger partial charge on any atom is -0.412 e. The van der Waals surface area contributed by atoms with E-state index in [0.29, 0.717) is 0 Å². The quantitative estimate of drug-likeness (QED) is 0.397. The fraction of sp³-hybridized carbons (Fsp3) is 0. The van der Waals surface area contributed by atoms with Gasteiger partial charge in [0.1, 0.15) is 11.4 Å². The third-order valence-corrected chi connectivity index (χ3v) is 0.991. The Balaban J connectivity index is -0.000000189. The molecule has 8 N–H and O–H groups in total.